The monoisotopic (exact) mass is 205 g/mol. The van der Waals surface area contributed by atoms with Gasteiger partial charge in [0.1, 0.15) is 6.04 Å². The normalized spacial score (nSPS) is 12.7. The van der Waals surface area contributed by atoms with Crippen molar-refractivity contribution in [3.8, 4) is 0 Å². The first-order valence-corrected chi connectivity index (χ1v) is 4.90. The zero-order valence-corrected chi connectivity index (χ0v) is 9.02. The van der Waals surface area contributed by atoms with E-state index < -0.39 is 11.3 Å². The molecule has 76 valence electrons. The van der Waals surface area contributed by atoms with Crippen LogP contribution < -0.4 is 5.32 Å². The summed E-state index contributed by atoms with van der Waals surface area (Å²) in [5, 5.41) is 2.03. The van der Waals surface area contributed by atoms with Gasteiger partial charge in [-0.25, -0.2) is 0 Å². The lowest BCUT2D eigenvalue weighted by atomic mass is 10.0. The number of rotatable bonds is 5. The van der Waals surface area contributed by atoms with Crippen LogP contribution in [0, 0.1) is 5.92 Å². The maximum absolute atomic E-state index is 11.4. The van der Waals surface area contributed by atoms with E-state index in [2.05, 4.69) is 5.32 Å². The Balaban J connectivity index is 4.05. The topological polar surface area (TPSA) is 46.2 Å². The summed E-state index contributed by atoms with van der Waals surface area (Å²) in [7, 11) is 0. The average molecular weight is 206 g/mol. The fourth-order valence-electron chi connectivity index (χ4n) is 1.05. The molecule has 1 atom stereocenters. The zero-order valence-electron chi connectivity index (χ0n) is 8.26. The minimum Gasteiger partial charge on any atom is -0.345 e. The lowest BCUT2D eigenvalue weighted by molar-refractivity contribution is -0.128. The molecule has 1 N–H and O–H groups in total. The van der Waals surface area contributed by atoms with Gasteiger partial charge in [-0.05, 0) is 31.4 Å². The van der Waals surface area contributed by atoms with Gasteiger partial charge in [-0.1, -0.05) is 13.8 Å². The van der Waals surface area contributed by atoms with Gasteiger partial charge in [0.2, 0.25) is 11.1 Å². The van der Waals surface area contributed by atoms with Gasteiger partial charge in [0.15, 0.2) is 0 Å². The molecule has 0 aromatic carbocycles. The van der Waals surface area contributed by atoms with E-state index in [1.54, 1.807) is 6.92 Å². The molecule has 0 spiro atoms. The predicted molar refractivity (Wildman–Crippen MR) is 52.5 cm³/mol. The Labute approximate surface area is 83.8 Å². The number of amides is 1. The highest BCUT2D eigenvalue weighted by atomic mass is 35.5. The number of hydrogen-bond acceptors (Lipinski definition) is 2. The smallest absolute Gasteiger partial charge is 0.243 e. The first kappa shape index (κ1) is 12.4. The van der Waals surface area contributed by atoms with Gasteiger partial charge in [0.25, 0.3) is 0 Å². The van der Waals surface area contributed by atoms with Gasteiger partial charge in [0, 0.05) is 5.92 Å². The molecule has 0 fully saturated rings. The van der Waals surface area contributed by atoms with Crippen molar-refractivity contribution in [1.82, 2.24) is 5.32 Å². The van der Waals surface area contributed by atoms with Crippen molar-refractivity contribution in [2.24, 2.45) is 5.92 Å². The lowest BCUT2D eigenvalue weighted by Gasteiger charge is -2.15. The number of carbonyl (C=O) groups is 2. The van der Waals surface area contributed by atoms with Crippen molar-refractivity contribution in [1.29, 1.82) is 0 Å². The van der Waals surface area contributed by atoms with Gasteiger partial charge in [-0.15, -0.1) is 0 Å². The van der Waals surface area contributed by atoms with E-state index in [0.29, 0.717) is 0 Å². The van der Waals surface area contributed by atoms with Crippen molar-refractivity contribution in [3.05, 3.63) is 0 Å². The molecular weight excluding hydrogens is 190 g/mol. The highest BCUT2D eigenvalue weighted by Gasteiger charge is 2.18. The van der Waals surface area contributed by atoms with Crippen LogP contribution in [0.5, 0.6) is 0 Å². The fraction of sp³-hybridized carbons (Fsp3) is 0.778. The van der Waals surface area contributed by atoms with Crippen LogP contribution in [0.4, 0.5) is 0 Å². The molecule has 0 aliphatic rings. The van der Waals surface area contributed by atoms with E-state index in [9.17, 15) is 9.59 Å². The third-order valence-electron chi connectivity index (χ3n) is 2.06. The minimum atomic E-state index is -0.588. The summed E-state index contributed by atoms with van der Waals surface area (Å²) >= 11 is 5.21. The maximum atomic E-state index is 11.4. The Morgan fingerprint density at radius 2 is 1.77 bits per heavy atom. The first-order chi connectivity index (χ1) is 6.02. The van der Waals surface area contributed by atoms with Gasteiger partial charge < -0.3 is 5.32 Å². The number of nitrogens with one attached hydrogen (secondary N) is 1. The Hall–Kier alpha value is -0.570. The summed E-state index contributed by atoms with van der Waals surface area (Å²) < 4.78 is 0. The molecule has 0 saturated heterocycles. The summed E-state index contributed by atoms with van der Waals surface area (Å²) in [6.07, 6.45) is 1.57. The largest absolute Gasteiger partial charge is 0.345 e. The highest BCUT2D eigenvalue weighted by molar-refractivity contribution is 6.64. The average Bonchev–Trinajstić information content (AvgIpc) is 2.06. The van der Waals surface area contributed by atoms with Crippen LogP contribution in [0.25, 0.3) is 0 Å². The Morgan fingerprint density at radius 1 is 1.31 bits per heavy atom. The Morgan fingerprint density at radius 3 is 2.08 bits per heavy atom. The number of halogens is 1. The molecule has 1 unspecified atom stereocenters. The molecule has 0 aromatic heterocycles. The van der Waals surface area contributed by atoms with E-state index >= 15 is 0 Å². The molecule has 0 radical (unpaired) electrons. The van der Waals surface area contributed by atoms with Crippen molar-refractivity contribution in [2.45, 2.75) is 39.7 Å². The first-order valence-electron chi connectivity index (χ1n) is 4.52. The highest BCUT2D eigenvalue weighted by Crippen LogP contribution is 2.07. The second kappa shape index (κ2) is 5.97. The van der Waals surface area contributed by atoms with E-state index in [-0.39, 0.29) is 11.8 Å². The molecule has 3 nitrogen and oxygen atoms in total. The van der Waals surface area contributed by atoms with Crippen molar-refractivity contribution >= 4 is 22.8 Å². The molecule has 0 aliphatic carbocycles. The van der Waals surface area contributed by atoms with Crippen molar-refractivity contribution in [3.63, 3.8) is 0 Å². The van der Waals surface area contributed by atoms with E-state index in [1.165, 1.54) is 0 Å². The molecular formula is C9H16ClNO2. The van der Waals surface area contributed by atoms with Crippen LogP contribution >= 0.6 is 11.6 Å². The summed E-state index contributed by atoms with van der Waals surface area (Å²) in [6.45, 7) is 5.47. The number of hydrogen-bond donors (Lipinski definition) is 1. The fourth-order valence-corrected chi connectivity index (χ4v) is 1.10. The van der Waals surface area contributed by atoms with Crippen LogP contribution in [0.3, 0.4) is 0 Å². The SMILES string of the molecule is CCC(CC)C(=O)NC(C)C(=O)Cl. The third-order valence-corrected chi connectivity index (χ3v) is 2.38. The summed E-state index contributed by atoms with van der Waals surface area (Å²) in [5.41, 5.74) is 0. The minimum absolute atomic E-state index is 0.0153. The number of carbonyl (C=O) groups excluding carboxylic acids is 2. The second-order valence-electron chi connectivity index (χ2n) is 3.05. The molecule has 4 heteroatoms. The molecule has 0 bridgehead atoms. The standard InChI is InChI=1S/C9H16ClNO2/c1-4-7(5-2)9(13)11-6(3)8(10)12/h6-7H,4-5H2,1-3H3,(H,11,13). The van der Waals surface area contributed by atoms with Crippen molar-refractivity contribution in [2.75, 3.05) is 0 Å². The van der Waals surface area contributed by atoms with E-state index in [1.807, 2.05) is 13.8 Å². The van der Waals surface area contributed by atoms with Crippen LogP contribution in [0.15, 0.2) is 0 Å². The van der Waals surface area contributed by atoms with E-state index in [0.717, 1.165) is 12.8 Å². The Kier molecular flexibility index (Phi) is 5.71. The van der Waals surface area contributed by atoms with Gasteiger partial charge in [-0.3, -0.25) is 9.59 Å². The molecule has 0 aromatic rings. The Bertz CT molecular complexity index is 190. The van der Waals surface area contributed by atoms with Crippen molar-refractivity contribution < 1.29 is 9.59 Å². The molecule has 13 heavy (non-hydrogen) atoms. The molecule has 0 saturated carbocycles. The summed E-state index contributed by atoms with van der Waals surface area (Å²) in [4.78, 5) is 22.0. The molecule has 0 heterocycles. The van der Waals surface area contributed by atoms with Gasteiger partial charge in [0.05, 0.1) is 0 Å². The van der Waals surface area contributed by atoms with Gasteiger partial charge >= 0.3 is 0 Å². The van der Waals surface area contributed by atoms with Crippen LogP contribution in [0.2, 0.25) is 0 Å². The van der Waals surface area contributed by atoms with Crippen LogP contribution in [0.1, 0.15) is 33.6 Å². The maximum Gasteiger partial charge on any atom is 0.243 e. The summed E-state index contributed by atoms with van der Waals surface area (Å²) in [6, 6.07) is -0.588. The third kappa shape index (κ3) is 4.27. The molecule has 1 amide bonds. The second-order valence-corrected chi connectivity index (χ2v) is 3.42. The quantitative estimate of drug-likeness (QED) is 0.695. The summed E-state index contributed by atoms with van der Waals surface area (Å²) in [5.74, 6) is -0.107. The molecule has 0 rings (SSSR count). The molecule has 0 aliphatic heterocycles. The van der Waals surface area contributed by atoms with Crippen LogP contribution in [-0.4, -0.2) is 17.2 Å². The zero-order chi connectivity index (χ0) is 10.4. The van der Waals surface area contributed by atoms with Crippen LogP contribution in [-0.2, 0) is 9.59 Å². The van der Waals surface area contributed by atoms with Gasteiger partial charge in [-0.2, -0.15) is 0 Å². The predicted octanol–water partition coefficient (Wildman–Crippen LogP) is 1.69. The van der Waals surface area contributed by atoms with E-state index in [4.69, 9.17) is 11.6 Å². The lowest BCUT2D eigenvalue weighted by Crippen LogP contribution is -2.39.